The van der Waals surface area contributed by atoms with Gasteiger partial charge in [0.05, 0.1) is 0 Å². The van der Waals surface area contributed by atoms with Crippen LogP contribution in [0.5, 0.6) is 0 Å². The van der Waals surface area contributed by atoms with Gasteiger partial charge < -0.3 is 10.3 Å². The lowest BCUT2D eigenvalue weighted by molar-refractivity contribution is -0.118. The van der Waals surface area contributed by atoms with Gasteiger partial charge in [-0.2, -0.15) is 0 Å². The molecule has 0 bridgehead atoms. The van der Waals surface area contributed by atoms with Crippen LogP contribution in [-0.2, 0) is 17.6 Å². The van der Waals surface area contributed by atoms with Gasteiger partial charge in [0.15, 0.2) is 0 Å². The lowest BCUT2D eigenvalue weighted by Crippen LogP contribution is -2.23. The van der Waals surface area contributed by atoms with Crippen LogP contribution in [0.2, 0.25) is 0 Å². The smallest absolute Gasteiger partial charge is 0.130 e. The third-order valence-electron chi connectivity index (χ3n) is 5.38. The summed E-state index contributed by atoms with van der Waals surface area (Å²) in [6, 6.07) is 11.1. The number of halogens is 2. The Morgan fingerprint density at radius 1 is 1.03 bits per heavy atom. The molecule has 1 aliphatic rings. The van der Waals surface area contributed by atoms with Crippen molar-refractivity contribution in [2.45, 2.75) is 79.6 Å². The van der Waals surface area contributed by atoms with Crippen LogP contribution in [0.4, 0.5) is 8.78 Å². The number of Topliss-reactive ketones (excluding diaryl/α,β-unsaturated/α-hetero) is 1. The standard InChI is InChI=1S/C14H16F2O.C10H14.C2H6.H2O/c1-8(17)7-10-3-4-11-12(15)5-6-13(16)14(11)9(10)2;1-3-4-10-7-5-9(2)6-8-10;1-2;/h5-6,9-10H,3-4,7H2,1-2H3;5-8H,3-4H2,1-2H3;1-2H3;1H2. The number of carbonyl (C=O) groups is 1. The average Bonchev–Trinajstić information content (AvgIpc) is 2.70. The number of rotatable bonds is 4. The van der Waals surface area contributed by atoms with Crippen LogP contribution < -0.4 is 0 Å². The SMILES string of the molecule is CC.CC(=O)CC1CCc2c(F)ccc(F)c2C1C.CCCc1ccc(C)cc1.O. The molecule has 2 aromatic rings. The Bertz CT molecular complexity index is 769. The van der Waals surface area contributed by atoms with E-state index in [1.165, 1.54) is 36.1 Å². The number of ketones is 1. The summed E-state index contributed by atoms with van der Waals surface area (Å²) in [6.45, 7) is 11.8. The van der Waals surface area contributed by atoms with Crippen molar-refractivity contribution in [3.8, 4) is 0 Å². The molecule has 0 aromatic heterocycles. The second-order valence-electron chi connectivity index (χ2n) is 7.65. The second kappa shape index (κ2) is 14.0. The van der Waals surface area contributed by atoms with E-state index in [-0.39, 0.29) is 34.7 Å². The Balaban J connectivity index is 0.000000557. The molecule has 1 aliphatic carbocycles. The highest BCUT2D eigenvalue weighted by Crippen LogP contribution is 2.40. The summed E-state index contributed by atoms with van der Waals surface area (Å²) in [7, 11) is 0. The maximum atomic E-state index is 13.8. The van der Waals surface area contributed by atoms with Gasteiger partial charge in [-0.05, 0) is 73.8 Å². The summed E-state index contributed by atoms with van der Waals surface area (Å²) in [4.78, 5) is 11.2. The van der Waals surface area contributed by atoms with Crippen molar-refractivity contribution in [3.63, 3.8) is 0 Å². The van der Waals surface area contributed by atoms with Crippen molar-refractivity contribution in [2.24, 2.45) is 5.92 Å². The Hall–Kier alpha value is -2.07. The molecule has 2 nitrogen and oxygen atoms in total. The molecule has 168 valence electrons. The van der Waals surface area contributed by atoms with Crippen molar-refractivity contribution >= 4 is 5.78 Å². The Morgan fingerprint density at radius 2 is 1.60 bits per heavy atom. The number of aryl methyl sites for hydroxylation is 2. The van der Waals surface area contributed by atoms with Gasteiger partial charge in [0, 0.05) is 6.42 Å². The highest BCUT2D eigenvalue weighted by Gasteiger charge is 2.31. The average molecular weight is 421 g/mol. The molecule has 2 N–H and O–H groups in total. The molecule has 0 saturated carbocycles. The minimum Gasteiger partial charge on any atom is -0.412 e. The molecule has 3 rings (SSSR count). The van der Waals surface area contributed by atoms with Gasteiger partial charge in [0.2, 0.25) is 0 Å². The molecule has 2 atom stereocenters. The van der Waals surface area contributed by atoms with Crippen molar-refractivity contribution in [2.75, 3.05) is 0 Å². The van der Waals surface area contributed by atoms with Gasteiger partial charge >= 0.3 is 0 Å². The number of benzene rings is 2. The van der Waals surface area contributed by atoms with Crippen LogP contribution in [0.3, 0.4) is 0 Å². The van der Waals surface area contributed by atoms with Crippen molar-refractivity contribution in [3.05, 3.63) is 70.3 Å². The molecular formula is C26H38F2O2. The lowest BCUT2D eigenvalue weighted by Gasteiger charge is -2.31. The van der Waals surface area contributed by atoms with Crippen LogP contribution in [0.15, 0.2) is 36.4 Å². The van der Waals surface area contributed by atoms with E-state index in [1.54, 1.807) is 6.92 Å². The minimum absolute atomic E-state index is 0. The third kappa shape index (κ3) is 7.98. The summed E-state index contributed by atoms with van der Waals surface area (Å²) < 4.78 is 27.3. The van der Waals surface area contributed by atoms with Gasteiger partial charge in [0.1, 0.15) is 17.4 Å². The van der Waals surface area contributed by atoms with Crippen molar-refractivity contribution < 1.29 is 19.1 Å². The number of hydrogen-bond donors (Lipinski definition) is 0. The maximum Gasteiger partial charge on any atom is 0.130 e. The van der Waals surface area contributed by atoms with Crippen LogP contribution in [-0.4, -0.2) is 11.3 Å². The highest BCUT2D eigenvalue weighted by molar-refractivity contribution is 5.75. The van der Waals surface area contributed by atoms with E-state index in [9.17, 15) is 13.6 Å². The number of carbonyl (C=O) groups excluding carboxylic acids is 1. The van der Waals surface area contributed by atoms with Gasteiger partial charge in [0.25, 0.3) is 0 Å². The summed E-state index contributed by atoms with van der Waals surface area (Å²) in [6.07, 6.45) is 4.19. The molecule has 0 heterocycles. The molecular weight excluding hydrogens is 382 g/mol. The van der Waals surface area contributed by atoms with Gasteiger partial charge in [-0.25, -0.2) is 8.78 Å². The molecule has 4 heteroatoms. The van der Waals surface area contributed by atoms with Crippen LogP contribution >= 0.6 is 0 Å². The predicted octanol–water partition coefficient (Wildman–Crippen LogP) is 6.76. The molecule has 0 amide bonds. The topological polar surface area (TPSA) is 48.6 Å². The zero-order valence-electron chi connectivity index (χ0n) is 19.3. The van der Waals surface area contributed by atoms with E-state index >= 15 is 0 Å². The Labute approximate surface area is 181 Å². The number of hydrogen-bond acceptors (Lipinski definition) is 1. The predicted molar refractivity (Wildman–Crippen MR) is 122 cm³/mol. The van der Waals surface area contributed by atoms with Crippen LogP contribution in [0, 0.1) is 24.5 Å². The fraction of sp³-hybridized carbons (Fsp3) is 0.500. The zero-order valence-corrected chi connectivity index (χ0v) is 19.3. The summed E-state index contributed by atoms with van der Waals surface area (Å²) >= 11 is 0. The maximum absolute atomic E-state index is 13.8. The molecule has 0 aliphatic heterocycles. The first-order valence-electron chi connectivity index (χ1n) is 10.8. The quantitative estimate of drug-likeness (QED) is 0.539. The van der Waals surface area contributed by atoms with Crippen molar-refractivity contribution in [1.29, 1.82) is 0 Å². The molecule has 2 unspecified atom stereocenters. The first kappa shape index (κ1) is 27.9. The molecule has 30 heavy (non-hydrogen) atoms. The van der Waals surface area contributed by atoms with E-state index in [2.05, 4.69) is 38.1 Å². The van der Waals surface area contributed by atoms with Crippen molar-refractivity contribution in [1.82, 2.24) is 0 Å². The monoisotopic (exact) mass is 420 g/mol. The highest BCUT2D eigenvalue weighted by atomic mass is 19.1. The summed E-state index contributed by atoms with van der Waals surface area (Å²) in [5.74, 6) is -0.506. The van der Waals surface area contributed by atoms with E-state index in [0.717, 1.165) is 6.42 Å². The van der Waals surface area contributed by atoms with Crippen LogP contribution in [0.1, 0.15) is 82.1 Å². The number of fused-ring (bicyclic) bond motifs is 1. The zero-order chi connectivity index (χ0) is 22.0. The van der Waals surface area contributed by atoms with E-state index in [4.69, 9.17) is 0 Å². The summed E-state index contributed by atoms with van der Waals surface area (Å²) in [5.41, 5.74) is 3.77. The minimum atomic E-state index is -0.345. The van der Waals surface area contributed by atoms with E-state index < -0.39 is 0 Å². The van der Waals surface area contributed by atoms with E-state index in [0.29, 0.717) is 24.0 Å². The Kier molecular flexibility index (Phi) is 13.1. The molecule has 0 fully saturated rings. The summed E-state index contributed by atoms with van der Waals surface area (Å²) in [5, 5.41) is 0. The van der Waals surface area contributed by atoms with E-state index in [1.807, 2.05) is 20.8 Å². The fourth-order valence-electron chi connectivity index (χ4n) is 3.86. The first-order valence-corrected chi connectivity index (χ1v) is 10.8. The molecule has 0 saturated heterocycles. The second-order valence-corrected chi connectivity index (χ2v) is 7.65. The third-order valence-corrected chi connectivity index (χ3v) is 5.38. The molecule has 2 aromatic carbocycles. The van der Waals surface area contributed by atoms with Gasteiger partial charge in [-0.1, -0.05) is 63.9 Å². The largest absolute Gasteiger partial charge is 0.412 e. The molecule has 0 radical (unpaired) electrons. The van der Waals surface area contributed by atoms with Gasteiger partial charge in [-0.3, -0.25) is 0 Å². The van der Waals surface area contributed by atoms with Crippen LogP contribution in [0.25, 0.3) is 0 Å². The first-order chi connectivity index (χ1) is 13.8. The molecule has 0 spiro atoms. The lowest BCUT2D eigenvalue weighted by atomic mass is 9.74. The Morgan fingerprint density at radius 3 is 2.13 bits per heavy atom. The van der Waals surface area contributed by atoms with Gasteiger partial charge in [-0.15, -0.1) is 0 Å². The fourth-order valence-corrected chi connectivity index (χ4v) is 3.86. The normalized spacial score (nSPS) is 16.7.